The fourth-order valence-corrected chi connectivity index (χ4v) is 2.25. The van der Waals surface area contributed by atoms with Gasteiger partial charge in [-0.05, 0) is 49.8 Å². The van der Waals surface area contributed by atoms with Gasteiger partial charge in [0, 0.05) is 18.3 Å². The zero-order chi connectivity index (χ0) is 12.7. The average Bonchev–Trinajstić information content (AvgIpc) is 3.21. The molecule has 0 bridgehead atoms. The molecule has 3 N–H and O–H groups in total. The molecule has 2 aliphatic carbocycles. The molecule has 0 saturated heterocycles. The van der Waals surface area contributed by atoms with Gasteiger partial charge >= 0.3 is 0 Å². The maximum Gasteiger partial charge on any atom is 0.256 e. The van der Waals surface area contributed by atoms with Crippen molar-refractivity contribution in [3.8, 4) is 5.75 Å². The first-order chi connectivity index (χ1) is 8.65. The van der Waals surface area contributed by atoms with Crippen LogP contribution in [0.25, 0.3) is 0 Å². The van der Waals surface area contributed by atoms with Crippen molar-refractivity contribution in [2.45, 2.75) is 31.7 Å². The molecule has 0 aromatic heterocycles. The molecule has 0 aliphatic heterocycles. The van der Waals surface area contributed by atoms with Crippen molar-refractivity contribution in [1.29, 1.82) is 0 Å². The van der Waals surface area contributed by atoms with E-state index in [0.29, 0.717) is 23.2 Å². The van der Waals surface area contributed by atoms with Crippen molar-refractivity contribution in [3.63, 3.8) is 0 Å². The monoisotopic (exact) mass is 246 g/mol. The number of nitrogens with zero attached hydrogens (tertiary/aromatic N) is 1. The van der Waals surface area contributed by atoms with Crippen molar-refractivity contribution in [2.24, 2.45) is 5.92 Å². The molecule has 4 nitrogen and oxygen atoms in total. The molecule has 4 heteroatoms. The molecule has 1 aromatic rings. The summed E-state index contributed by atoms with van der Waals surface area (Å²) in [5.74, 6) is 0.737. The molecule has 0 atom stereocenters. The van der Waals surface area contributed by atoms with E-state index in [9.17, 15) is 9.90 Å². The number of phenolic OH excluding ortho intramolecular Hbond substituents is 1. The predicted octanol–water partition coefficient (Wildman–Crippen LogP) is 1.99. The van der Waals surface area contributed by atoms with E-state index in [1.165, 1.54) is 25.0 Å². The number of nitrogen functional groups attached to an aromatic ring is 1. The van der Waals surface area contributed by atoms with Crippen molar-refractivity contribution in [2.75, 3.05) is 12.3 Å². The summed E-state index contributed by atoms with van der Waals surface area (Å²) < 4.78 is 0. The minimum absolute atomic E-state index is 0.0298. The van der Waals surface area contributed by atoms with Crippen molar-refractivity contribution in [1.82, 2.24) is 4.90 Å². The van der Waals surface area contributed by atoms with E-state index >= 15 is 0 Å². The van der Waals surface area contributed by atoms with E-state index in [0.717, 1.165) is 19.4 Å². The number of rotatable bonds is 4. The highest BCUT2D eigenvalue weighted by molar-refractivity contribution is 5.99. The number of carbonyl (C=O) groups is 1. The molecule has 2 aliphatic rings. The van der Waals surface area contributed by atoms with Gasteiger partial charge in [0.25, 0.3) is 5.91 Å². The number of benzene rings is 1. The first-order valence-electron chi connectivity index (χ1n) is 6.54. The summed E-state index contributed by atoms with van der Waals surface area (Å²) in [6.07, 6.45) is 4.65. The van der Waals surface area contributed by atoms with Crippen LogP contribution in [0.5, 0.6) is 5.75 Å². The number of aromatic hydroxyl groups is 1. The molecular weight excluding hydrogens is 228 g/mol. The Balaban J connectivity index is 1.83. The maximum atomic E-state index is 12.5. The molecule has 96 valence electrons. The van der Waals surface area contributed by atoms with Gasteiger partial charge in [0.2, 0.25) is 0 Å². The molecular formula is C14H18N2O2. The van der Waals surface area contributed by atoms with Gasteiger partial charge in [-0.3, -0.25) is 4.79 Å². The van der Waals surface area contributed by atoms with Crippen molar-refractivity contribution >= 4 is 11.6 Å². The normalized spacial score (nSPS) is 18.7. The number of phenols is 1. The second-order valence-electron chi connectivity index (χ2n) is 5.40. The Kier molecular flexibility index (Phi) is 2.65. The van der Waals surface area contributed by atoms with E-state index in [-0.39, 0.29) is 11.7 Å². The van der Waals surface area contributed by atoms with Gasteiger partial charge in [-0.15, -0.1) is 0 Å². The zero-order valence-corrected chi connectivity index (χ0v) is 10.3. The van der Waals surface area contributed by atoms with Gasteiger partial charge in [-0.25, -0.2) is 0 Å². The molecule has 2 saturated carbocycles. The highest BCUT2D eigenvalue weighted by atomic mass is 16.3. The molecule has 0 unspecified atom stereocenters. The van der Waals surface area contributed by atoms with Crippen LogP contribution in [0.2, 0.25) is 0 Å². The lowest BCUT2D eigenvalue weighted by molar-refractivity contribution is 0.0735. The zero-order valence-electron chi connectivity index (χ0n) is 10.3. The third-order valence-electron chi connectivity index (χ3n) is 3.67. The van der Waals surface area contributed by atoms with Crippen LogP contribution in [0, 0.1) is 5.92 Å². The van der Waals surface area contributed by atoms with Crippen LogP contribution in [0.15, 0.2) is 18.2 Å². The summed E-state index contributed by atoms with van der Waals surface area (Å²) >= 11 is 0. The number of amides is 1. The average molecular weight is 246 g/mol. The van der Waals surface area contributed by atoms with Crippen LogP contribution in [0.3, 0.4) is 0 Å². The molecule has 2 fully saturated rings. The van der Waals surface area contributed by atoms with Gasteiger partial charge in [0.05, 0.1) is 5.56 Å². The first kappa shape index (κ1) is 11.4. The van der Waals surface area contributed by atoms with Gasteiger partial charge in [-0.1, -0.05) is 0 Å². The predicted molar refractivity (Wildman–Crippen MR) is 69.3 cm³/mol. The summed E-state index contributed by atoms with van der Waals surface area (Å²) in [6.45, 7) is 0.846. The Hall–Kier alpha value is -1.71. The minimum Gasteiger partial charge on any atom is -0.508 e. The number of anilines is 1. The van der Waals surface area contributed by atoms with Crippen LogP contribution < -0.4 is 5.73 Å². The fraction of sp³-hybridized carbons (Fsp3) is 0.500. The maximum absolute atomic E-state index is 12.5. The van der Waals surface area contributed by atoms with E-state index in [4.69, 9.17) is 5.73 Å². The van der Waals surface area contributed by atoms with Crippen molar-refractivity contribution < 1.29 is 9.90 Å². The van der Waals surface area contributed by atoms with Crippen LogP contribution in [-0.4, -0.2) is 28.5 Å². The van der Waals surface area contributed by atoms with E-state index in [2.05, 4.69) is 0 Å². The van der Waals surface area contributed by atoms with Gasteiger partial charge < -0.3 is 15.7 Å². The van der Waals surface area contributed by atoms with Crippen LogP contribution >= 0.6 is 0 Å². The summed E-state index contributed by atoms with van der Waals surface area (Å²) in [7, 11) is 0. The highest BCUT2D eigenvalue weighted by Crippen LogP contribution is 2.36. The minimum atomic E-state index is -0.0298. The lowest BCUT2D eigenvalue weighted by Crippen LogP contribution is -2.35. The fourth-order valence-electron chi connectivity index (χ4n) is 2.25. The molecule has 0 radical (unpaired) electrons. The summed E-state index contributed by atoms with van der Waals surface area (Å²) in [6, 6.07) is 4.96. The van der Waals surface area contributed by atoms with Crippen LogP contribution in [-0.2, 0) is 0 Å². The largest absolute Gasteiger partial charge is 0.508 e. The lowest BCUT2D eigenvalue weighted by Gasteiger charge is -2.23. The number of hydrogen-bond acceptors (Lipinski definition) is 3. The summed E-state index contributed by atoms with van der Waals surface area (Å²) in [5, 5.41) is 9.49. The summed E-state index contributed by atoms with van der Waals surface area (Å²) in [5.41, 5.74) is 6.71. The molecule has 3 rings (SSSR count). The Bertz CT molecular complexity index is 479. The topological polar surface area (TPSA) is 66.6 Å². The lowest BCUT2D eigenvalue weighted by atomic mass is 10.1. The Labute approximate surface area is 106 Å². The number of carbonyl (C=O) groups excluding carboxylic acids is 1. The van der Waals surface area contributed by atoms with E-state index in [1.54, 1.807) is 6.07 Å². The SMILES string of the molecule is Nc1ccc(O)cc1C(=O)N(CC1CC1)C1CC1. The molecule has 18 heavy (non-hydrogen) atoms. The Morgan fingerprint density at radius 2 is 2.06 bits per heavy atom. The third-order valence-corrected chi connectivity index (χ3v) is 3.67. The second-order valence-corrected chi connectivity index (χ2v) is 5.40. The van der Waals surface area contributed by atoms with Gasteiger partial charge in [0.15, 0.2) is 0 Å². The molecule has 0 spiro atoms. The Morgan fingerprint density at radius 1 is 1.33 bits per heavy atom. The highest BCUT2D eigenvalue weighted by Gasteiger charge is 2.37. The van der Waals surface area contributed by atoms with Gasteiger partial charge in [0.1, 0.15) is 5.75 Å². The third kappa shape index (κ3) is 2.28. The Morgan fingerprint density at radius 3 is 2.67 bits per heavy atom. The molecule has 1 aromatic carbocycles. The van der Waals surface area contributed by atoms with Crippen LogP contribution in [0.1, 0.15) is 36.0 Å². The number of nitrogens with two attached hydrogens (primary N) is 1. The van der Waals surface area contributed by atoms with E-state index < -0.39 is 0 Å². The second kappa shape index (κ2) is 4.19. The van der Waals surface area contributed by atoms with Crippen LogP contribution in [0.4, 0.5) is 5.69 Å². The molecule has 0 heterocycles. The van der Waals surface area contributed by atoms with E-state index in [1.807, 2.05) is 4.90 Å². The number of hydrogen-bond donors (Lipinski definition) is 2. The smallest absolute Gasteiger partial charge is 0.256 e. The first-order valence-corrected chi connectivity index (χ1v) is 6.54. The van der Waals surface area contributed by atoms with Crippen molar-refractivity contribution in [3.05, 3.63) is 23.8 Å². The summed E-state index contributed by atoms with van der Waals surface area (Å²) in [4.78, 5) is 14.4. The van der Waals surface area contributed by atoms with Gasteiger partial charge in [-0.2, -0.15) is 0 Å². The quantitative estimate of drug-likeness (QED) is 0.630. The molecule has 1 amide bonds. The standard InChI is InChI=1S/C14H18N2O2/c15-13-6-5-11(17)7-12(13)14(18)16(10-3-4-10)8-9-1-2-9/h5-7,9-10,17H,1-4,8,15H2.